The Bertz CT molecular complexity index is 680. The fraction of sp³-hybridized carbons (Fsp3) is 0.650. The van der Waals surface area contributed by atoms with Crippen LogP contribution in [0.1, 0.15) is 74.4 Å². The number of rotatable bonds is 2. The number of ketones is 1. The number of carbonyl (C=O) groups is 1. The zero-order valence-electron chi connectivity index (χ0n) is 15.0. The second-order valence-electron chi connectivity index (χ2n) is 8.48. The maximum absolute atomic E-state index is 12.9. The number of benzene rings is 1. The predicted octanol–water partition coefficient (Wildman–Crippen LogP) is 3.13. The number of Topliss-reactive ketones (excluding diaryl/α,β-unsaturated/α-hetero) is 1. The Morgan fingerprint density at radius 3 is 2.50 bits per heavy atom. The Morgan fingerprint density at radius 1 is 1.25 bits per heavy atom. The first-order valence-electron chi connectivity index (χ1n) is 8.86. The van der Waals surface area contributed by atoms with Gasteiger partial charge in [-0.25, -0.2) is 0 Å². The topological polar surface area (TPSA) is 77.8 Å². The fourth-order valence-electron chi connectivity index (χ4n) is 5.20. The lowest BCUT2D eigenvalue weighted by Crippen LogP contribution is -2.58. The monoisotopic (exact) mass is 332 g/mol. The van der Waals surface area contributed by atoms with E-state index in [1.807, 2.05) is 20.8 Å². The van der Waals surface area contributed by atoms with Gasteiger partial charge in [0.05, 0.1) is 0 Å². The normalized spacial score (nSPS) is 35.7. The molecular weight excluding hydrogens is 304 g/mol. The molecule has 4 nitrogen and oxygen atoms in total. The van der Waals surface area contributed by atoms with Gasteiger partial charge < -0.3 is 15.3 Å². The number of aliphatic hydroxyl groups excluding tert-OH is 2. The molecule has 4 heteroatoms. The number of hydrogen-bond acceptors (Lipinski definition) is 4. The Labute approximate surface area is 143 Å². The SMILES string of the molecule is CC(C)c1cc2c(cc1O)[C@@]1(C)CCC[C@](C)(CO)C1[C@@H](O)C2=O. The Kier molecular flexibility index (Phi) is 4.04. The molecule has 0 bridgehead atoms. The summed E-state index contributed by atoms with van der Waals surface area (Å²) in [5.74, 6) is -0.312. The molecule has 0 amide bonds. The molecule has 3 N–H and O–H groups in total. The molecule has 0 aromatic heterocycles. The fourth-order valence-corrected chi connectivity index (χ4v) is 5.20. The van der Waals surface area contributed by atoms with E-state index < -0.39 is 16.9 Å². The summed E-state index contributed by atoms with van der Waals surface area (Å²) < 4.78 is 0. The lowest BCUT2D eigenvalue weighted by molar-refractivity contribution is -0.0705. The van der Waals surface area contributed by atoms with E-state index in [-0.39, 0.29) is 30.0 Å². The molecule has 132 valence electrons. The molecule has 1 unspecified atom stereocenters. The first-order chi connectivity index (χ1) is 11.2. The van der Waals surface area contributed by atoms with Crippen LogP contribution in [0.15, 0.2) is 12.1 Å². The number of aromatic hydroxyl groups is 1. The third kappa shape index (κ3) is 2.23. The molecule has 2 aliphatic carbocycles. The average molecular weight is 332 g/mol. The summed E-state index contributed by atoms with van der Waals surface area (Å²) in [5.41, 5.74) is 1.17. The minimum Gasteiger partial charge on any atom is -0.508 e. The molecule has 24 heavy (non-hydrogen) atoms. The van der Waals surface area contributed by atoms with E-state index in [0.717, 1.165) is 30.4 Å². The van der Waals surface area contributed by atoms with Gasteiger partial charge in [-0.05, 0) is 52.8 Å². The highest BCUT2D eigenvalue weighted by Gasteiger charge is 2.58. The molecule has 0 saturated heterocycles. The molecule has 0 aliphatic heterocycles. The van der Waals surface area contributed by atoms with Crippen molar-refractivity contribution in [2.75, 3.05) is 6.61 Å². The zero-order valence-corrected chi connectivity index (χ0v) is 15.0. The van der Waals surface area contributed by atoms with Gasteiger partial charge >= 0.3 is 0 Å². The molecule has 1 fully saturated rings. The van der Waals surface area contributed by atoms with E-state index in [2.05, 4.69) is 6.92 Å². The Balaban J connectivity index is 2.25. The van der Waals surface area contributed by atoms with Crippen LogP contribution in [0.4, 0.5) is 0 Å². The molecule has 0 heterocycles. The summed E-state index contributed by atoms with van der Waals surface area (Å²) in [6.07, 6.45) is 1.45. The van der Waals surface area contributed by atoms with Gasteiger partial charge in [0.1, 0.15) is 11.9 Å². The number of phenolic OH excluding ortho intramolecular Hbond substituents is 1. The maximum atomic E-state index is 12.9. The molecule has 0 radical (unpaired) electrons. The van der Waals surface area contributed by atoms with Gasteiger partial charge in [0, 0.05) is 18.1 Å². The summed E-state index contributed by atoms with van der Waals surface area (Å²) in [7, 11) is 0. The Hall–Kier alpha value is -1.39. The van der Waals surface area contributed by atoms with E-state index in [0.29, 0.717) is 5.56 Å². The molecule has 3 rings (SSSR count). The molecular formula is C20H28O4. The van der Waals surface area contributed by atoms with Crippen LogP contribution >= 0.6 is 0 Å². The van der Waals surface area contributed by atoms with Crippen LogP contribution in [0.2, 0.25) is 0 Å². The van der Waals surface area contributed by atoms with Gasteiger partial charge in [0.25, 0.3) is 0 Å². The van der Waals surface area contributed by atoms with Crippen molar-refractivity contribution >= 4 is 5.78 Å². The van der Waals surface area contributed by atoms with E-state index in [9.17, 15) is 20.1 Å². The average Bonchev–Trinajstić information content (AvgIpc) is 2.52. The second kappa shape index (κ2) is 5.57. The van der Waals surface area contributed by atoms with E-state index in [4.69, 9.17) is 0 Å². The smallest absolute Gasteiger partial charge is 0.191 e. The first-order valence-corrected chi connectivity index (χ1v) is 8.86. The van der Waals surface area contributed by atoms with Crippen LogP contribution in [0.5, 0.6) is 5.75 Å². The molecule has 1 aromatic rings. The molecule has 2 aliphatic rings. The lowest BCUT2D eigenvalue weighted by Gasteiger charge is -2.56. The van der Waals surface area contributed by atoms with Crippen molar-refractivity contribution in [3.05, 3.63) is 28.8 Å². The third-order valence-electron chi connectivity index (χ3n) is 6.50. The summed E-state index contributed by atoms with van der Waals surface area (Å²) >= 11 is 0. The minimum atomic E-state index is -1.11. The molecule has 1 saturated carbocycles. The lowest BCUT2D eigenvalue weighted by atomic mass is 9.49. The quantitative estimate of drug-likeness (QED) is 0.777. The number of hydrogen-bond donors (Lipinski definition) is 3. The Morgan fingerprint density at radius 2 is 1.92 bits per heavy atom. The zero-order chi connectivity index (χ0) is 17.9. The van der Waals surface area contributed by atoms with Gasteiger partial charge in [-0.2, -0.15) is 0 Å². The summed E-state index contributed by atoms with van der Waals surface area (Å²) in [4.78, 5) is 12.9. The van der Waals surface area contributed by atoms with Crippen molar-refractivity contribution in [1.82, 2.24) is 0 Å². The van der Waals surface area contributed by atoms with E-state index in [1.54, 1.807) is 12.1 Å². The molecule has 1 aromatic carbocycles. The van der Waals surface area contributed by atoms with Crippen LogP contribution in [-0.4, -0.2) is 33.8 Å². The van der Waals surface area contributed by atoms with Crippen molar-refractivity contribution < 1.29 is 20.1 Å². The third-order valence-corrected chi connectivity index (χ3v) is 6.50. The highest BCUT2D eigenvalue weighted by Crippen LogP contribution is 2.57. The number of phenols is 1. The van der Waals surface area contributed by atoms with Crippen molar-refractivity contribution in [2.24, 2.45) is 11.3 Å². The van der Waals surface area contributed by atoms with Crippen LogP contribution in [-0.2, 0) is 5.41 Å². The summed E-state index contributed by atoms with van der Waals surface area (Å²) in [5, 5.41) is 31.2. The first kappa shape index (κ1) is 17.4. The van der Waals surface area contributed by atoms with Crippen molar-refractivity contribution in [3.63, 3.8) is 0 Å². The summed E-state index contributed by atoms with van der Waals surface area (Å²) in [6, 6.07) is 3.48. The molecule has 0 spiro atoms. The van der Waals surface area contributed by atoms with Crippen LogP contribution in [0.3, 0.4) is 0 Å². The second-order valence-corrected chi connectivity index (χ2v) is 8.48. The largest absolute Gasteiger partial charge is 0.508 e. The highest BCUT2D eigenvalue weighted by molar-refractivity contribution is 6.03. The number of aliphatic hydroxyl groups is 2. The highest BCUT2D eigenvalue weighted by atomic mass is 16.3. The van der Waals surface area contributed by atoms with Gasteiger partial charge in [0.15, 0.2) is 5.78 Å². The van der Waals surface area contributed by atoms with Crippen LogP contribution in [0, 0.1) is 11.3 Å². The van der Waals surface area contributed by atoms with Gasteiger partial charge in [-0.15, -0.1) is 0 Å². The standard InChI is InChI=1S/C20H28O4/c1-11(2)12-8-13-14(9-15(12)22)20(4)7-5-6-19(3,10-21)18(20)17(24)16(13)23/h8-9,11,17-18,21-22,24H,5-7,10H2,1-4H3/t17-,18?,19+,20+/m0/s1. The van der Waals surface area contributed by atoms with Crippen LogP contribution < -0.4 is 0 Å². The van der Waals surface area contributed by atoms with Gasteiger partial charge in [-0.3, -0.25) is 4.79 Å². The van der Waals surface area contributed by atoms with Crippen molar-refractivity contribution in [3.8, 4) is 5.75 Å². The van der Waals surface area contributed by atoms with Crippen molar-refractivity contribution in [2.45, 2.75) is 64.4 Å². The van der Waals surface area contributed by atoms with E-state index in [1.165, 1.54) is 0 Å². The van der Waals surface area contributed by atoms with Gasteiger partial charge in [0.2, 0.25) is 0 Å². The van der Waals surface area contributed by atoms with Crippen LogP contribution in [0.25, 0.3) is 0 Å². The predicted molar refractivity (Wildman–Crippen MR) is 92.4 cm³/mol. The van der Waals surface area contributed by atoms with Crippen molar-refractivity contribution in [1.29, 1.82) is 0 Å². The molecule has 4 atom stereocenters. The maximum Gasteiger partial charge on any atom is 0.191 e. The summed E-state index contributed by atoms with van der Waals surface area (Å²) in [6.45, 7) is 7.91. The number of carbonyl (C=O) groups excluding carboxylic acids is 1. The number of fused-ring (bicyclic) bond motifs is 3. The minimum absolute atomic E-state index is 0.0526. The van der Waals surface area contributed by atoms with E-state index >= 15 is 0 Å². The van der Waals surface area contributed by atoms with Gasteiger partial charge in [-0.1, -0.05) is 34.1 Å².